The van der Waals surface area contributed by atoms with Crippen LogP contribution in [0.15, 0.2) is 17.0 Å². The first-order valence-electron chi connectivity index (χ1n) is 7.17. The Bertz CT molecular complexity index is 442. The van der Waals surface area contributed by atoms with Gasteiger partial charge in [0.2, 0.25) is 0 Å². The highest BCUT2D eigenvalue weighted by Crippen LogP contribution is 2.38. The SMILES string of the molecule is O[C@@H]1CCCC[C@@H]1[C@@H]1CCCN1c1ncncc1Br. The van der Waals surface area contributed by atoms with Gasteiger partial charge in [0.15, 0.2) is 0 Å². The summed E-state index contributed by atoms with van der Waals surface area (Å²) in [6.07, 6.45) is 10.1. The van der Waals surface area contributed by atoms with E-state index in [2.05, 4.69) is 30.8 Å². The Balaban J connectivity index is 1.83. The molecule has 0 spiro atoms. The van der Waals surface area contributed by atoms with Crippen molar-refractivity contribution in [2.75, 3.05) is 11.4 Å². The fraction of sp³-hybridized carbons (Fsp3) is 0.714. The molecule has 0 unspecified atom stereocenters. The van der Waals surface area contributed by atoms with Gasteiger partial charge in [0.05, 0.1) is 10.6 Å². The van der Waals surface area contributed by atoms with Gasteiger partial charge in [-0.3, -0.25) is 0 Å². The first-order valence-corrected chi connectivity index (χ1v) is 7.97. The maximum Gasteiger partial charge on any atom is 0.146 e. The monoisotopic (exact) mass is 325 g/mol. The average Bonchev–Trinajstić information content (AvgIpc) is 2.89. The molecule has 0 radical (unpaired) electrons. The lowest BCUT2D eigenvalue weighted by Crippen LogP contribution is -2.43. The van der Waals surface area contributed by atoms with E-state index in [9.17, 15) is 5.11 Å². The van der Waals surface area contributed by atoms with Gasteiger partial charge < -0.3 is 10.0 Å². The van der Waals surface area contributed by atoms with Gasteiger partial charge in [-0.25, -0.2) is 9.97 Å². The summed E-state index contributed by atoms with van der Waals surface area (Å²) in [7, 11) is 0. The van der Waals surface area contributed by atoms with Crippen molar-refractivity contribution < 1.29 is 5.11 Å². The number of hydrogen-bond acceptors (Lipinski definition) is 4. The highest BCUT2D eigenvalue weighted by atomic mass is 79.9. The second kappa shape index (κ2) is 5.75. The molecule has 1 aliphatic carbocycles. The molecule has 19 heavy (non-hydrogen) atoms. The van der Waals surface area contributed by atoms with Gasteiger partial charge in [-0.1, -0.05) is 12.8 Å². The lowest BCUT2D eigenvalue weighted by atomic mass is 9.80. The normalized spacial score (nSPS) is 31.7. The lowest BCUT2D eigenvalue weighted by molar-refractivity contribution is 0.0565. The number of anilines is 1. The summed E-state index contributed by atoms with van der Waals surface area (Å²) in [4.78, 5) is 10.8. The smallest absolute Gasteiger partial charge is 0.146 e. The van der Waals surface area contributed by atoms with E-state index in [0.717, 1.165) is 36.1 Å². The molecule has 1 saturated carbocycles. The Morgan fingerprint density at radius 2 is 2.05 bits per heavy atom. The Hall–Kier alpha value is -0.680. The molecule has 1 aliphatic heterocycles. The van der Waals surface area contributed by atoms with Gasteiger partial charge in [0.25, 0.3) is 0 Å². The fourth-order valence-corrected chi connectivity index (χ4v) is 4.06. The molecular weight excluding hydrogens is 306 g/mol. The number of rotatable bonds is 2. The lowest BCUT2D eigenvalue weighted by Gasteiger charge is -2.37. The molecule has 2 fully saturated rings. The van der Waals surface area contributed by atoms with Gasteiger partial charge in [0, 0.05) is 24.7 Å². The summed E-state index contributed by atoms with van der Waals surface area (Å²) in [6, 6.07) is 0.432. The van der Waals surface area contributed by atoms with E-state index >= 15 is 0 Å². The van der Waals surface area contributed by atoms with E-state index in [1.54, 1.807) is 12.5 Å². The summed E-state index contributed by atoms with van der Waals surface area (Å²) in [5, 5.41) is 10.3. The Morgan fingerprint density at radius 3 is 2.84 bits per heavy atom. The second-order valence-corrected chi connectivity index (χ2v) is 6.47. The molecule has 1 aromatic heterocycles. The van der Waals surface area contributed by atoms with Crippen molar-refractivity contribution in [1.29, 1.82) is 0 Å². The third kappa shape index (κ3) is 2.63. The minimum absolute atomic E-state index is 0.139. The van der Waals surface area contributed by atoms with Crippen LogP contribution in [-0.2, 0) is 0 Å². The number of halogens is 1. The molecule has 0 bridgehead atoms. The standard InChI is InChI=1S/C14H20BrN3O/c15-11-8-16-9-17-14(11)18-7-3-5-12(18)10-4-1-2-6-13(10)19/h8-10,12-13,19H,1-7H2/t10-,12+,13-/m1/s1. The van der Waals surface area contributed by atoms with Gasteiger partial charge >= 0.3 is 0 Å². The molecule has 1 aromatic rings. The zero-order valence-electron chi connectivity index (χ0n) is 11.0. The molecule has 5 heteroatoms. The Labute approximate surface area is 122 Å². The van der Waals surface area contributed by atoms with Gasteiger partial charge in [-0.15, -0.1) is 0 Å². The molecule has 2 heterocycles. The number of nitrogens with zero attached hydrogens (tertiary/aromatic N) is 3. The first kappa shape index (κ1) is 13.3. The maximum absolute atomic E-state index is 10.3. The zero-order valence-corrected chi connectivity index (χ0v) is 12.6. The molecular formula is C14H20BrN3O. The van der Waals surface area contributed by atoms with Crippen molar-refractivity contribution in [2.24, 2.45) is 5.92 Å². The van der Waals surface area contributed by atoms with Crippen LogP contribution in [0.2, 0.25) is 0 Å². The molecule has 3 atom stereocenters. The first-order chi connectivity index (χ1) is 9.27. The fourth-order valence-electron chi connectivity index (χ4n) is 3.61. The van der Waals surface area contributed by atoms with E-state index in [4.69, 9.17) is 0 Å². The van der Waals surface area contributed by atoms with Crippen LogP contribution in [-0.4, -0.2) is 33.8 Å². The van der Waals surface area contributed by atoms with Gasteiger partial charge in [-0.2, -0.15) is 0 Å². The second-order valence-electron chi connectivity index (χ2n) is 5.61. The van der Waals surface area contributed by atoms with E-state index in [-0.39, 0.29) is 6.10 Å². The Kier molecular flexibility index (Phi) is 4.03. The predicted octanol–water partition coefficient (Wildman–Crippen LogP) is 2.76. The third-order valence-corrected chi connectivity index (χ3v) is 5.05. The molecule has 1 N–H and O–H groups in total. The van der Waals surface area contributed by atoms with Crippen LogP contribution in [0, 0.1) is 5.92 Å². The van der Waals surface area contributed by atoms with Crippen LogP contribution in [0.5, 0.6) is 0 Å². The van der Waals surface area contributed by atoms with Crippen LogP contribution in [0.25, 0.3) is 0 Å². The minimum atomic E-state index is -0.139. The largest absolute Gasteiger partial charge is 0.393 e. The molecule has 2 aliphatic rings. The quantitative estimate of drug-likeness (QED) is 0.908. The van der Waals surface area contributed by atoms with Crippen molar-refractivity contribution >= 4 is 21.7 Å². The molecule has 4 nitrogen and oxygen atoms in total. The number of aliphatic hydroxyl groups excluding tert-OH is 1. The van der Waals surface area contributed by atoms with Crippen LogP contribution in [0.1, 0.15) is 38.5 Å². The molecule has 3 rings (SSSR count). The van der Waals surface area contributed by atoms with Gasteiger partial charge in [0.1, 0.15) is 12.1 Å². The molecule has 104 valence electrons. The topological polar surface area (TPSA) is 49.2 Å². The zero-order chi connectivity index (χ0) is 13.2. The molecule has 0 aromatic carbocycles. The van der Waals surface area contributed by atoms with Crippen molar-refractivity contribution in [1.82, 2.24) is 9.97 Å². The number of aliphatic hydroxyl groups is 1. The molecule has 0 amide bonds. The van der Waals surface area contributed by atoms with Crippen LogP contribution in [0.4, 0.5) is 5.82 Å². The van der Waals surface area contributed by atoms with Crippen LogP contribution in [0.3, 0.4) is 0 Å². The summed E-state index contributed by atoms with van der Waals surface area (Å²) >= 11 is 3.54. The molecule has 1 saturated heterocycles. The van der Waals surface area contributed by atoms with E-state index in [1.807, 2.05) is 0 Å². The van der Waals surface area contributed by atoms with E-state index in [0.29, 0.717) is 12.0 Å². The van der Waals surface area contributed by atoms with Gasteiger partial charge in [-0.05, 0) is 41.6 Å². The summed E-state index contributed by atoms with van der Waals surface area (Å²) in [5.74, 6) is 1.38. The highest BCUT2D eigenvalue weighted by molar-refractivity contribution is 9.10. The van der Waals surface area contributed by atoms with Crippen molar-refractivity contribution in [3.8, 4) is 0 Å². The van der Waals surface area contributed by atoms with Crippen LogP contribution >= 0.6 is 15.9 Å². The average molecular weight is 326 g/mol. The van der Waals surface area contributed by atoms with Crippen molar-refractivity contribution in [3.63, 3.8) is 0 Å². The maximum atomic E-state index is 10.3. The van der Waals surface area contributed by atoms with Crippen LogP contribution < -0.4 is 4.90 Å². The minimum Gasteiger partial charge on any atom is -0.393 e. The van der Waals surface area contributed by atoms with Crippen molar-refractivity contribution in [2.45, 2.75) is 50.7 Å². The van der Waals surface area contributed by atoms with E-state index in [1.165, 1.54) is 19.3 Å². The van der Waals surface area contributed by atoms with Crippen molar-refractivity contribution in [3.05, 3.63) is 17.0 Å². The Morgan fingerprint density at radius 1 is 1.21 bits per heavy atom. The summed E-state index contributed by atoms with van der Waals surface area (Å²) in [6.45, 7) is 1.03. The highest BCUT2D eigenvalue weighted by Gasteiger charge is 2.37. The summed E-state index contributed by atoms with van der Waals surface area (Å²) < 4.78 is 0.951. The number of hydrogen-bond donors (Lipinski definition) is 1. The summed E-state index contributed by atoms with van der Waals surface area (Å²) in [5.41, 5.74) is 0. The van der Waals surface area contributed by atoms with E-state index < -0.39 is 0 Å². The number of aromatic nitrogens is 2. The third-order valence-electron chi connectivity index (χ3n) is 4.50. The predicted molar refractivity (Wildman–Crippen MR) is 78.1 cm³/mol.